The quantitative estimate of drug-likeness (QED) is 0.538. The Hall–Kier alpha value is -2.52. The summed E-state index contributed by atoms with van der Waals surface area (Å²) in [4.78, 5) is 11.8. The highest BCUT2D eigenvalue weighted by Crippen LogP contribution is 2.36. The third-order valence-corrected chi connectivity index (χ3v) is 3.60. The van der Waals surface area contributed by atoms with E-state index < -0.39 is 5.91 Å². The van der Waals surface area contributed by atoms with Gasteiger partial charge in [-0.15, -0.1) is 0 Å². The van der Waals surface area contributed by atoms with Crippen LogP contribution in [0.25, 0.3) is 0 Å². The SMILES string of the molecule is CCOc1c(Cl)cc(C[NH2+]CCNC(=O)c2nonc2N)cc1OC. The van der Waals surface area contributed by atoms with E-state index in [1.54, 1.807) is 7.11 Å². The van der Waals surface area contributed by atoms with E-state index in [0.29, 0.717) is 42.8 Å². The monoisotopic (exact) mass is 370 g/mol. The fourth-order valence-electron chi connectivity index (χ4n) is 2.17. The molecule has 2 aromatic rings. The molecule has 1 amide bonds. The molecule has 0 radical (unpaired) electrons. The van der Waals surface area contributed by atoms with E-state index in [1.165, 1.54) is 0 Å². The van der Waals surface area contributed by atoms with Crippen LogP contribution in [0.1, 0.15) is 23.0 Å². The minimum absolute atomic E-state index is 0.0111. The molecule has 0 aliphatic carbocycles. The Morgan fingerprint density at radius 1 is 1.44 bits per heavy atom. The van der Waals surface area contributed by atoms with Crippen molar-refractivity contribution in [2.24, 2.45) is 0 Å². The van der Waals surface area contributed by atoms with Crippen LogP contribution in [0.2, 0.25) is 5.02 Å². The number of nitrogens with zero attached hydrogens (tertiary/aromatic N) is 2. The number of benzene rings is 1. The first-order valence-corrected chi connectivity index (χ1v) is 8.11. The first-order valence-electron chi connectivity index (χ1n) is 7.73. The Morgan fingerprint density at radius 3 is 2.88 bits per heavy atom. The van der Waals surface area contributed by atoms with E-state index in [1.807, 2.05) is 24.4 Å². The Labute approximate surface area is 149 Å². The molecule has 0 spiro atoms. The van der Waals surface area contributed by atoms with Crippen LogP contribution < -0.4 is 25.8 Å². The number of aromatic nitrogens is 2. The lowest BCUT2D eigenvalue weighted by atomic mass is 10.2. The first-order chi connectivity index (χ1) is 12.1. The van der Waals surface area contributed by atoms with Crippen LogP contribution in [0.15, 0.2) is 16.8 Å². The number of halogens is 1. The van der Waals surface area contributed by atoms with E-state index in [-0.39, 0.29) is 11.5 Å². The van der Waals surface area contributed by atoms with Crippen LogP contribution >= 0.6 is 11.6 Å². The molecule has 10 heteroatoms. The maximum Gasteiger partial charge on any atom is 0.277 e. The molecule has 1 aromatic carbocycles. The summed E-state index contributed by atoms with van der Waals surface area (Å²) < 4.78 is 15.2. The van der Waals surface area contributed by atoms with Crippen molar-refractivity contribution in [2.45, 2.75) is 13.5 Å². The average Bonchev–Trinajstić information content (AvgIpc) is 3.02. The number of carbonyl (C=O) groups excluding carboxylic acids is 1. The maximum absolute atomic E-state index is 11.8. The molecule has 25 heavy (non-hydrogen) atoms. The van der Waals surface area contributed by atoms with Gasteiger partial charge in [-0.25, -0.2) is 4.63 Å². The topological polar surface area (TPSA) is 129 Å². The van der Waals surface area contributed by atoms with Crippen molar-refractivity contribution in [1.82, 2.24) is 15.6 Å². The highest BCUT2D eigenvalue weighted by Gasteiger charge is 2.15. The van der Waals surface area contributed by atoms with Crippen molar-refractivity contribution < 1.29 is 24.2 Å². The Morgan fingerprint density at radius 2 is 2.24 bits per heavy atom. The number of amides is 1. The molecule has 0 bridgehead atoms. The van der Waals surface area contributed by atoms with Crippen LogP contribution in [0.4, 0.5) is 5.82 Å². The van der Waals surface area contributed by atoms with Gasteiger partial charge in [0, 0.05) is 5.56 Å². The second-order valence-corrected chi connectivity index (χ2v) is 5.48. The van der Waals surface area contributed by atoms with Gasteiger partial charge in [-0.3, -0.25) is 4.79 Å². The Balaban J connectivity index is 1.81. The molecule has 0 fully saturated rings. The van der Waals surface area contributed by atoms with Gasteiger partial charge in [0.2, 0.25) is 11.5 Å². The number of anilines is 1. The number of ether oxygens (including phenoxy) is 2. The molecule has 9 nitrogen and oxygen atoms in total. The minimum Gasteiger partial charge on any atom is -0.493 e. The molecule has 0 saturated heterocycles. The van der Waals surface area contributed by atoms with Crippen LogP contribution in [-0.2, 0) is 6.54 Å². The number of methoxy groups -OCH3 is 1. The lowest BCUT2D eigenvalue weighted by molar-refractivity contribution is -0.668. The highest BCUT2D eigenvalue weighted by molar-refractivity contribution is 6.32. The smallest absolute Gasteiger partial charge is 0.277 e. The summed E-state index contributed by atoms with van der Waals surface area (Å²) in [6, 6.07) is 3.72. The number of nitrogens with two attached hydrogens (primary N) is 2. The summed E-state index contributed by atoms with van der Waals surface area (Å²) >= 11 is 6.24. The van der Waals surface area contributed by atoms with Crippen molar-refractivity contribution in [1.29, 1.82) is 0 Å². The molecule has 0 saturated carbocycles. The maximum atomic E-state index is 11.8. The number of hydrogen-bond acceptors (Lipinski definition) is 7. The van der Waals surface area contributed by atoms with Gasteiger partial charge in [0.05, 0.1) is 31.8 Å². The number of rotatable bonds is 9. The summed E-state index contributed by atoms with van der Waals surface area (Å²) in [7, 11) is 1.57. The second kappa shape index (κ2) is 9.09. The molecular formula is C15H21ClN5O4+. The molecule has 5 N–H and O–H groups in total. The zero-order valence-corrected chi connectivity index (χ0v) is 14.8. The minimum atomic E-state index is -0.419. The summed E-state index contributed by atoms with van der Waals surface area (Å²) in [5.41, 5.74) is 6.43. The van der Waals surface area contributed by atoms with Gasteiger partial charge in [-0.2, -0.15) is 0 Å². The van der Waals surface area contributed by atoms with Gasteiger partial charge in [-0.1, -0.05) is 11.6 Å². The predicted molar refractivity (Wildman–Crippen MR) is 90.7 cm³/mol. The molecule has 1 aromatic heterocycles. The van der Waals surface area contributed by atoms with Gasteiger partial charge >= 0.3 is 0 Å². The van der Waals surface area contributed by atoms with Crippen molar-refractivity contribution in [3.63, 3.8) is 0 Å². The van der Waals surface area contributed by atoms with Crippen LogP contribution in [0.3, 0.4) is 0 Å². The van der Waals surface area contributed by atoms with Gasteiger partial charge in [0.1, 0.15) is 6.54 Å². The Bertz CT molecular complexity index is 722. The normalized spacial score (nSPS) is 10.5. The van der Waals surface area contributed by atoms with E-state index >= 15 is 0 Å². The van der Waals surface area contributed by atoms with Crippen LogP contribution in [0, 0.1) is 0 Å². The largest absolute Gasteiger partial charge is 0.493 e. The molecule has 0 unspecified atom stereocenters. The summed E-state index contributed by atoms with van der Waals surface area (Å²) in [5, 5.41) is 12.0. The zero-order chi connectivity index (χ0) is 18.2. The van der Waals surface area contributed by atoms with E-state index in [2.05, 4.69) is 20.3 Å². The first kappa shape index (κ1) is 18.8. The standard InChI is InChI=1S/C15H20ClN5O4/c1-3-24-13-10(16)6-9(7-11(13)23-2)8-18-4-5-19-15(22)12-14(17)21-25-20-12/h6-7,18H,3-5,8H2,1-2H3,(H2,17,21)(H,19,22)/p+1. The van der Waals surface area contributed by atoms with E-state index in [9.17, 15) is 4.79 Å². The number of carbonyl (C=O) groups is 1. The van der Waals surface area contributed by atoms with Gasteiger partial charge in [-0.05, 0) is 29.4 Å². The third-order valence-electron chi connectivity index (χ3n) is 3.32. The second-order valence-electron chi connectivity index (χ2n) is 5.08. The van der Waals surface area contributed by atoms with Crippen molar-refractivity contribution in [3.8, 4) is 11.5 Å². The number of quaternary nitrogens is 1. The molecular weight excluding hydrogens is 350 g/mol. The summed E-state index contributed by atoms with van der Waals surface area (Å²) in [5.74, 6) is 0.692. The molecule has 0 aliphatic heterocycles. The van der Waals surface area contributed by atoms with Crippen molar-refractivity contribution in [2.75, 3.05) is 32.5 Å². The highest BCUT2D eigenvalue weighted by atomic mass is 35.5. The van der Waals surface area contributed by atoms with Gasteiger partial charge in [0.15, 0.2) is 11.5 Å². The third kappa shape index (κ3) is 4.97. The molecule has 136 valence electrons. The number of hydrogen-bond donors (Lipinski definition) is 3. The molecule has 1 heterocycles. The lowest BCUT2D eigenvalue weighted by Crippen LogP contribution is -2.84. The number of nitrogen functional groups attached to an aromatic ring is 1. The molecule has 2 rings (SSSR count). The van der Waals surface area contributed by atoms with Gasteiger partial charge in [0.25, 0.3) is 5.91 Å². The summed E-state index contributed by atoms with van der Waals surface area (Å²) in [6.07, 6.45) is 0. The summed E-state index contributed by atoms with van der Waals surface area (Å²) in [6.45, 7) is 4.16. The van der Waals surface area contributed by atoms with Crippen LogP contribution in [0.5, 0.6) is 11.5 Å². The fourth-order valence-corrected chi connectivity index (χ4v) is 2.46. The van der Waals surface area contributed by atoms with E-state index in [0.717, 1.165) is 5.56 Å². The predicted octanol–water partition coefficient (Wildman–Crippen LogP) is 0.206. The Kier molecular flexibility index (Phi) is 6.84. The van der Waals surface area contributed by atoms with Crippen LogP contribution in [-0.4, -0.2) is 43.0 Å². The van der Waals surface area contributed by atoms with E-state index in [4.69, 9.17) is 26.8 Å². The van der Waals surface area contributed by atoms with Crippen molar-refractivity contribution in [3.05, 3.63) is 28.4 Å². The fraction of sp³-hybridized carbons (Fsp3) is 0.400. The zero-order valence-electron chi connectivity index (χ0n) is 14.0. The number of nitrogens with one attached hydrogen (secondary N) is 1. The molecule has 0 atom stereocenters. The van der Waals surface area contributed by atoms with Gasteiger partial charge < -0.3 is 25.8 Å². The molecule has 0 aliphatic rings. The van der Waals surface area contributed by atoms with Crippen molar-refractivity contribution >= 4 is 23.3 Å². The average molecular weight is 371 g/mol. The lowest BCUT2D eigenvalue weighted by Gasteiger charge is -2.12.